The van der Waals surface area contributed by atoms with Crippen LogP contribution in [-0.2, 0) is 11.2 Å². The van der Waals surface area contributed by atoms with Gasteiger partial charge in [-0.05, 0) is 49.6 Å². The number of amides is 1. The van der Waals surface area contributed by atoms with Crippen LogP contribution >= 0.6 is 0 Å². The van der Waals surface area contributed by atoms with E-state index in [1.807, 2.05) is 0 Å². The summed E-state index contributed by atoms with van der Waals surface area (Å²) < 4.78 is 0. The van der Waals surface area contributed by atoms with Gasteiger partial charge in [-0.3, -0.25) is 9.69 Å². The van der Waals surface area contributed by atoms with Crippen LogP contribution in [0, 0.1) is 5.92 Å². The summed E-state index contributed by atoms with van der Waals surface area (Å²) in [6.45, 7) is 4.95. The van der Waals surface area contributed by atoms with E-state index in [0.29, 0.717) is 6.04 Å². The van der Waals surface area contributed by atoms with Crippen LogP contribution < -0.4 is 5.32 Å². The molecule has 3 atom stereocenters. The Labute approximate surface area is 142 Å². The van der Waals surface area contributed by atoms with Gasteiger partial charge in [0.2, 0.25) is 5.91 Å². The van der Waals surface area contributed by atoms with E-state index in [1.54, 1.807) is 0 Å². The van der Waals surface area contributed by atoms with E-state index in [0.717, 1.165) is 19.4 Å². The van der Waals surface area contributed by atoms with Gasteiger partial charge in [-0.1, -0.05) is 25.1 Å². The van der Waals surface area contributed by atoms with Crippen LogP contribution in [0.15, 0.2) is 30.5 Å². The predicted molar refractivity (Wildman–Crippen MR) is 97.8 cm³/mol. The molecule has 4 heteroatoms. The van der Waals surface area contributed by atoms with Crippen molar-refractivity contribution >= 4 is 22.4 Å². The number of nitrogens with one attached hydrogen (secondary N) is 2. The molecule has 0 radical (unpaired) electrons. The molecule has 2 heterocycles. The minimum atomic E-state index is -0.0778. The van der Waals surface area contributed by atoms with E-state index >= 15 is 0 Å². The number of H-pyrrole nitrogens is 1. The lowest BCUT2D eigenvalue weighted by Gasteiger charge is -2.39. The van der Waals surface area contributed by atoms with Gasteiger partial charge in [0.15, 0.2) is 0 Å². The maximum absolute atomic E-state index is 12.6. The van der Waals surface area contributed by atoms with Gasteiger partial charge in [0.05, 0.1) is 5.92 Å². The van der Waals surface area contributed by atoms with E-state index in [1.165, 1.54) is 27.6 Å². The Kier molecular flexibility index (Phi) is 3.72. The quantitative estimate of drug-likeness (QED) is 0.912. The van der Waals surface area contributed by atoms with Gasteiger partial charge < -0.3 is 10.3 Å². The van der Waals surface area contributed by atoms with E-state index in [-0.39, 0.29) is 17.9 Å². The van der Waals surface area contributed by atoms with Crippen LogP contribution in [-0.4, -0.2) is 41.5 Å². The fraction of sp³-hybridized carbons (Fsp3) is 0.450. The van der Waals surface area contributed by atoms with Gasteiger partial charge in [-0.2, -0.15) is 0 Å². The van der Waals surface area contributed by atoms with Crippen LogP contribution in [0.5, 0.6) is 0 Å². The van der Waals surface area contributed by atoms with Gasteiger partial charge in [0.25, 0.3) is 0 Å². The second-order valence-corrected chi connectivity index (χ2v) is 7.25. The molecule has 1 amide bonds. The van der Waals surface area contributed by atoms with Crippen molar-refractivity contribution in [2.24, 2.45) is 5.92 Å². The number of carbonyl (C=O) groups excluding carboxylic acids is 1. The summed E-state index contributed by atoms with van der Waals surface area (Å²) in [5, 5.41) is 4.47. The normalized spacial score (nSPS) is 24.4. The minimum Gasteiger partial charge on any atom is -0.361 e. The highest BCUT2D eigenvalue weighted by molar-refractivity contribution is 5.99. The Balaban J connectivity index is 1.75. The van der Waals surface area contributed by atoms with Gasteiger partial charge >= 0.3 is 0 Å². The number of carbonyl (C=O) groups is 1. The number of nitrogens with zero attached hydrogens (tertiary/aromatic N) is 1. The van der Waals surface area contributed by atoms with Crippen molar-refractivity contribution < 1.29 is 4.79 Å². The molecule has 0 spiro atoms. The van der Waals surface area contributed by atoms with E-state index in [4.69, 9.17) is 0 Å². The van der Waals surface area contributed by atoms with Crippen molar-refractivity contribution in [1.82, 2.24) is 15.2 Å². The molecule has 0 fully saturated rings. The summed E-state index contributed by atoms with van der Waals surface area (Å²) in [5.41, 5.74) is 5.17. The highest BCUT2D eigenvalue weighted by Crippen LogP contribution is 2.40. The summed E-state index contributed by atoms with van der Waals surface area (Å²) in [5.74, 6) is 0.0696. The van der Waals surface area contributed by atoms with Crippen LogP contribution in [0.25, 0.3) is 16.5 Å². The monoisotopic (exact) mass is 323 g/mol. The lowest BCUT2D eigenvalue weighted by atomic mass is 9.80. The van der Waals surface area contributed by atoms with Gasteiger partial charge in [-0.15, -0.1) is 0 Å². The lowest BCUT2D eigenvalue weighted by molar-refractivity contribution is -0.124. The van der Waals surface area contributed by atoms with Crippen molar-refractivity contribution in [2.45, 2.75) is 38.8 Å². The average molecular weight is 323 g/mol. The first-order chi connectivity index (χ1) is 11.6. The van der Waals surface area contributed by atoms with Crippen molar-refractivity contribution in [3.8, 4) is 0 Å². The van der Waals surface area contributed by atoms with Gasteiger partial charge in [-0.25, -0.2) is 0 Å². The number of rotatable bonds is 3. The molecule has 1 aromatic heterocycles. The number of hydrogen-bond acceptors (Lipinski definition) is 2. The van der Waals surface area contributed by atoms with E-state index in [2.05, 4.69) is 66.6 Å². The second-order valence-electron chi connectivity index (χ2n) is 7.25. The summed E-state index contributed by atoms with van der Waals surface area (Å²) in [7, 11) is 2.14. The van der Waals surface area contributed by atoms with Crippen molar-refractivity contribution in [3.63, 3.8) is 0 Å². The summed E-state index contributed by atoms with van der Waals surface area (Å²) >= 11 is 0. The van der Waals surface area contributed by atoms with Crippen LogP contribution in [0.4, 0.5) is 0 Å². The molecule has 2 N–H and O–H groups in total. The Morgan fingerprint density at radius 2 is 2.29 bits per heavy atom. The number of aromatic nitrogens is 1. The Morgan fingerprint density at radius 3 is 3.08 bits per heavy atom. The molecule has 0 bridgehead atoms. The molecule has 24 heavy (non-hydrogen) atoms. The highest BCUT2D eigenvalue weighted by atomic mass is 16.2. The molecular formula is C20H25N3O. The molecule has 0 unspecified atom stereocenters. The van der Waals surface area contributed by atoms with Crippen molar-refractivity contribution in [1.29, 1.82) is 0 Å². The smallest absolute Gasteiger partial charge is 0.228 e. The first-order valence-electron chi connectivity index (χ1n) is 8.90. The number of fused-ring (bicyclic) bond motifs is 2. The Morgan fingerprint density at radius 1 is 1.46 bits per heavy atom. The number of hydrogen-bond donors (Lipinski definition) is 2. The molecule has 4 rings (SSSR count). The van der Waals surface area contributed by atoms with Crippen molar-refractivity contribution in [2.75, 3.05) is 13.6 Å². The SMILES string of the molecule is CC[C@H](C)NC(=O)[C@@H]1C=C2c3cccc4[nH]cc(c34)C[C@H]2N(C)C1. The molecule has 2 aromatic rings. The number of aromatic amines is 1. The average Bonchev–Trinajstić information content (AvgIpc) is 3.00. The maximum Gasteiger partial charge on any atom is 0.228 e. The zero-order chi connectivity index (χ0) is 16.8. The molecule has 0 saturated carbocycles. The molecular weight excluding hydrogens is 298 g/mol. The Hall–Kier alpha value is -2.07. The zero-order valence-electron chi connectivity index (χ0n) is 14.6. The molecule has 1 aliphatic carbocycles. The van der Waals surface area contributed by atoms with Crippen LogP contribution in [0.2, 0.25) is 0 Å². The molecule has 126 valence electrons. The fourth-order valence-corrected chi connectivity index (χ4v) is 4.07. The second kappa shape index (κ2) is 5.78. The van der Waals surface area contributed by atoms with E-state index < -0.39 is 0 Å². The number of benzene rings is 1. The maximum atomic E-state index is 12.6. The third-order valence-electron chi connectivity index (χ3n) is 5.61. The van der Waals surface area contributed by atoms with Crippen molar-refractivity contribution in [3.05, 3.63) is 41.6 Å². The van der Waals surface area contributed by atoms with Gasteiger partial charge in [0, 0.05) is 35.7 Å². The topological polar surface area (TPSA) is 48.1 Å². The molecule has 0 saturated heterocycles. The highest BCUT2D eigenvalue weighted by Gasteiger charge is 2.35. The van der Waals surface area contributed by atoms with Crippen LogP contribution in [0.1, 0.15) is 31.4 Å². The summed E-state index contributed by atoms with van der Waals surface area (Å²) in [4.78, 5) is 18.4. The largest absolute Gasteiger partial charge is 0.361 e. The number of likely N-dealkylation sites (N-methyl/N-ethyl adjacent to an activating group) is 1. The van der Waals surface area contributed by atoms with Crippen LogP contribution in [0.3, 0.4) is 0 Å². The lowest BCUT2D eigenvalue weighted by Crippen LogP contribution is -2.47. The first-order valence-corrected chi connectivity index (χ1v) is 8.90. The molecule has 1 aromatic carbocycles. The predicted octanol–water partition coefficient (Wildman–Crippen LogP) is 2.95. The fourth-order valence-electron chi connectivity index (χ4n) is 4.07. The molecule has 1 aliphatic heterocycles. The summed E-state index contributed by atoms with van der Waals surface area (Å²) in [6, 6.07) is 7.02. The molecule has 2 aliphatic rings. The minimum absolute atomic E-state index is 0.0778. The zero-order valence-corrected chi connectivity index (χ0v) is 14.6. The third-order valence-corrected chi connectivity index (χ3v) is 5.61. The third kappa shape index (κ3) is 2.37. The first kappa shape index (κ1) is 15.5. The molecule has 4 nitrogen and oxygen atoms in total. The standard InChI is InChI=1S/C20H25N3O/c1-4-12(2)22-20(24)14-8-16-15-6-5-7-17-19(15)13(10-21-17)9-18(16)23(3)11-14/h5-8,10,12,14,18,21H,4,9,11H2,1-3H3,(H,22,24)/t12-,14+,18+/m0/s1. The van der Waals surface area contributed by atoms with Gasteiger partial charge in [0.1, 0.15) is 0 Å². The van der Waals surface area contributed by atoms with E-state index in [9.17, 15) is 4.79 Å². The summed E-state index contributed by atoms with van der Waals surface area (Å²) in [6.07, 6.45) is 6.33. The Bertz CT molecular complexity index is 819.